The summed E-state index contributed by atoms with van der Waals surface area (Å²) < 4.78 is 47.6. The zero-order chi connectivity index (χ0) is 24.1. The van der Waals surface area contributed by atoms with Gasteiger partial charge in [-0.3, -0.25) is 4.98 Å². The van der Waals surface area contributed by atoms with Crippen molar-refractivity contribution in [2.45, 2.75) is 38.1 Å². The Morgan fingerprint density at radius 2 is 1.97 bits per heavy atom. The van der Waals surface area contributed by atoms with Gasteiger partial charge in [0, 0.05) is 31.9 Å². The highest BCUT2D eigenvalue weighted by Gasteiger charge is 2.29. The van der Waals surface area contributed by atoms with Crippen LogP contribution in [-0.4, -0.2) is 50.0 Å². The quantitative estimate of drug-likeness (QED) is 0.462. The summed E-state index contributed by atoms with van der Waals surface area (Å²) in [6, 6.07) is 4.46. The molecule has 184 valence electrons. The number of rotatable bonds is 10. The molecule has 2 fully saturated rings. The van der Waals surface area contributed by atoms with Crippen molar-refractivity contribution in [3.8, 4) is 11.5 Å². The Kier molecular flexibility index (Phi) is 8.41. The molecule has 1 aliphatic carbocycles. The van der Waals surface area contributed by atoms with E-state index in [2.05, 4.69) is 15.0 Å². The summed E-state index contributed by atoms with van der Waals surface area (Å²) in [5.41, 5.74) is 1.04. The Morgan fingerprint density at radius 3 is 2.62 bits per heavy atom. The van der Waals surface area contributed by atoms with Crippen LogP contribution in [0.2, 0.25) is 10.0 Å². The number of morpholine rings is 1. The maximum absolute atomic E-state index is 12.9. The van der Waals surface area contributed by atoms with Gasteiger partial charge in [0.25, 0.3) is 0 Å². The molecule has 1 aromatic carbocycles. The first-order valence-electron chi connectivity index (χ1n) is 10.9. The lowest BCUT2D eigenvalue weighted by molar-refractivity contribution is -0.164. The molecule has 1 aromatic heterocycles. The molecule has 2 aliphatic rings. The summed E-state index contributed by atoms with van der Waals surface area (Å²) in [5, 5.41) is 3.70. The van der Waals surface area contributed by atoms with Gasteiger partial charge in [-0.1, -0.05) is 29.3 Å². The highest BCUT2D eigenvalue weighted by atomic mass is 35.5. The number of alkyl halides is 2. The Balaban J connectivity index is 1.63. The van der Waals surface area contributed by atoms with Crippen LogP contribution in [0.5, 0.6) is 11.5 Å². The Bertz CT molecular complexity index is 983. The number of pyridine rings is 1. The van der Waals surface area contributed by atoms with Crippen LogP contribution in [-0.2, 0) is 20.7 Å². The molecule has 0 radical (unpaired) electrons. The molecule has 7 nitrogen and oxygen atoms in total. The number of esters is 1. The molecule has 0 unspecified atom stereocenters. The average molecular weight is 517 g/mol. The third-order valence-electron chi connectivity index (χ3n) is 5.52. The summed E-state index contributed by atoms with van der Waals surface area (Å²) in [7, 11) is 0. The molecule has 2 atom stereocenters. The molecule has 1 saturated heterocycles. The molecule has 2 heterocycles. The summed E-state index contributed by atoms with van der Waals surface area (Å²) in [6.07, 6.45) is 3.45. The molecule has 1 saturated carbocycles. The van der Waals surface area contributed by atoms with Gasteiger partial charge in [-0.2, -0.15) is 8.78 Å². The van der Waals surface area contributed by atoms with Crippen LogP contribution < -0.4 is 14.8 Å². The number of halogens is 4. The fourth-order valence-electron chi connectivity index (χ4n) is 3.50. The molecule has 1 N–H and O–H groups in total. The van der Waals surface area contributed by atoms with Gasteiger partial charge in [-0.25, -0.2) is 4.79 Å². The van der Waals surface area contributed by atoms with Gasteiger partial charge in [0.2, 0.25) is 0 Å². The zero-order valence-corrected chi connectivity index (χ0v) is 19.7. The fraction of sp³-hybridized carbons (Fsp3) is 0.478. The van der Waals surface area contributed by atoms with Crippen LogP contribution in [0, 0.1) is 5.92 Å². The van der Waals surface area contributed by atoms with E-state index in [1.807, 2.05) is 0 Å². The molecule has 0 amide bonds. The summed E-state index contributed by atoms with van der Waals surface area (Å²) in [4.78, 5) is 16.8. The number of carbonyl (C=O) groups excluding carboxylic acids is 1. The van der Waals surface area contributed by atoms with Gasteiger partial charge in [0.15, 0.2) is 17.6 Å². The van der Waals surface area contributed by atoms with E-state index in [4.69, 9.17) is 37.4 Å². The van der Waals surface area contributed by atoms with Gasteiger partial charge in [-0.15, -0.1) is 0 Å². The zero-order valence-electron chi connectivity index (χ0n) is 18.1. The van der Waals surface area contributed by atoms with Gasteiger partial charge >= 0.3 is 12.6 Å². The Hall–Kier alpha value is -2.20. The van der Waals surface area contributed by atoms with Crippen molar-refractivity contribution in [2.24, 2.45) is 5.92 Å². The van der Waals surface area contributed by atoms with E-state index in [9.17, 15) is 13.6 Å². The predicted molar refractivity (Wildman–Crippen MR) is 121 cm³/mol. The van der Waals surface area contributed by atoms with E-state index >= 15 is 0 Å². The molecule has 0 spiro atoms. The Labute approximate surface area is 205 Å². The van der Waals surface area contributed by atoms with Crippen molar-refractivity contribution in [2.75, 3.05) is 26.3 Å². The molecule has 1 aliphatic heterocycles. The van der Waals surface area contributed by atoms with Crippen molar-refractivity contribution in [1.82, 2.24) is 10.3 Å². The van der Waals surface area contributed by atoms with Gasteiger partial charge in [-0.05, 0) is 42.0 Å². The summed E-state index contributed by atoms with van der Waals surface area (Å²) >= 11 is 12.6. The fourth-order valence-corrected chi connectivity index (χ4v) is 4.02. The van der Waals surface area contributed by atoms with E-state index in [1.54, 1.807) is 12.1 Å². The van der Waals surface area contributed by atoms with Crippen molar-refractivity contribution in [3.63, 3.8) is 0 Å². The van der Waals surface area contributed by atoms with Gasteiger partial charge in [0.05, 0.1) is 23.3 Å². The third kappa shape index (κ3) is 6.69. The topological polar surface area (TPSA) is 78.9 Å². The second-order valence-electron chi connectivity index (χ2n) is 8.11. The molecule has 0 bridgehead atoms. The van der Waals surface area contributed by atoms with E-state index in [1.165, 1.54) is 18.5 Å². The van der Waals surface area contributed by atoms with Crippen molar-refractivity contribution >= 4 is 29.2 Å². The minimum atomic E-state index is -3.01. The molecular formula is C23H24Cl2F2N2O5. The summed E-state index contributed by atoms with van der Waals surface area (Å²) in [6.45, 7) is -1.28. The number of nitrogens with zero attached hydrogens (tertiary/aromatic N) is 1. The average Bonchev–Trinajstić information content (AvgIpc) is 3.65. The number of hydrogen-bond acceptors (Lipinski definition) is 7. The first-order chi connectivity index (χ1) is 16.4. The van der Waals surface area contributed by atoms with E-state index < -0.39 is 24.8 Å². The van der Waals surface area contributed by atoms with Crippen molar-refractivity contribution < 1.29 is 32.5 Å². The standard InChI is InChI=1S/C23H24Cl2F2N2O5/c24-16-9-29-10-17(25)15(16)8-19(33-22(30)21-11-28-5-6-31-21)14-3-4-18(34-23(26)27)20(7-14)32-12-13-1-2-13/h3-4,7,9-10,13,19,21,23,28H,1-2,5-6,8,11-12H2/t19-,21-/m0/s1. The minimum Gasteiger partial charge on any atom is -0.489 e. The second kappa shape index (κ2) is 11.5. The first kappa shape index (κ1) is 24.9. The SMILES string of the molecule is O=C(O[C@@H](Cc1c(Cl)cncc1Cl)c1ccc(OC(F)F)c(OCC2CC2)c1)[C@@H]1CNCCO1. The van der Waals surface area contributed by atoms with Crippen molar-refractivity contribution in [1.29, 1.82) is 0 Å². The predicted octanol–water partition coefficient (Wildman–Crippen LogP) is 4.59. The van der Waals surface area contributed by atoms with Crippen LogP contribution in [0.25, 0.3) is 0 Å². The van der Waals surface area contributed by atoms with Crippen LogP contribution in [0.3, 0.4) is 0 Å². The molecule has 4 rings (SSSR count). The van der Waals surface area contributed by atoms with Crippen LogP contribution in [0.4, 0.5) is 8.78 Å². The minimum absolute atomic E-state index is 0.0933. The maximum Gasteiger partial charge on any atom is 0.387 e. The molecular weight excluding hydrogens is 493 g/mol. The van der Waals surface area contributed by atoms with Crippen molar-refractivity contribution in [3.05, 3.63) is 51.8 Å². The monoisotopic (exact) mass is 516 g/mol. The molecule has 11 heteroatoms. The number of nitrogens with one attached hydrogen (secondary N) is 1. The first-order valence-corrected chi connectivity index (χ1v) is 11.7. The normalized spacial score (nSPS) is 19.0. The number of benzene rings is 1. The number of carbonyl (C=O) groups is 1. The smallest absolute Gasteiger partial charge is 0.387 e. The summed E-state index contributed by atoms with van der Waals surface area (Å²) in [5.74, 6) is -0.119. The van der Waals surface area contributed by atoms with E-state index in [0.717, 1.165) is 12.8 Å². The van der Waals surface area contributed by atoms with E-state index in [-0.39, 0.29) is 17.9 Å². The Morgan fingerprint density at radius 1 is 1.21 bits per heavy atom. The lowest BCUT2D eigenvalue weighted by Crippen LogP contribution is -2.44. The molecule has 34 heavy (non-hydrogen) atoms. The van der Waals surface area contributed by atoms with E-state index in [0.29, 0.717) is 53.4 Å². The van der Waals surface area contributed by atoms with Crippen LogP contribution in [0.15, 0.2) is 30.6 Å². The maximum atomic E-state index is 12.9. The number of hydrogen-bond donors (Lipinski definition) is 1. The van der Waals surface area contributed by atoms with Crippen LogP contribution in [0.1, 0.15) is 30.1 Å². The lowest BCUT2D eigenvalue weighted by atomic mass is 10.0. The van der Waals surface area contributed by atoms with Gasteiger partial charge < -0.3 is 24.3 Å². The van der Waals surface area contributed by atoms with Gasteiger partial charge in [0.1, 0.15) is 6.10 Å². The van der Waals surface area contributed by atoms with Crippen LogP contribution >= 0.6 is 23.2 Å². The highest BCUT2D eigenvalue weighted by Crippen LogP contribution is 2.38. The highest BCUT2D eigenvalue weighted by molar-refractivity contribution is 6.35. The number of ether oxygens (including phenoxy) is 4. The molecule has 2 aromatic rings. The lowest BCUT2D eigenvalue weighted by Gasteiger charge is -2.26. The largest absolute Gasteiger partial charge is 0.489 e. The second-order valence-corrected chi connectivity index (χ2v) is 8.93. The third-order valence-corrected chi connectivity index (χ3v) is 6.17. The number of aromatic nitrogens is 1.